The number of aromatic amines is 1. The van der Waals surface area contributed by atoms with Crippen LogP contribution in [0.4, 0.5) is 0 Å². The Hall–Kier alpha value is -2.29. The van der Waals surface area contributed by atoms with Crippen LogP contribution in [0.2, 0.25) is 0 Å². The average molecular weight is 295 g/mol. The van der Waals surface area contributed by atoms with E-state index in [9.17, 15) is 4.79 Å². The van der Waals surface area contributed by atoms with Crippen molar-refractivity contribution in [3.63, 3.8) is 0 Å². The van der Waals surface area contributed by atoms with Crippen molar-refractivity contribution in [2.45, 2.75) is 33.1 Å². The first-order valence-electron chi connectivity index (χ1n) is 7.55. The average Bonchev–Trinajstić information content (AvgIpc) is 2.47. The van der Waals surface area contributed by atoms with E-state index in [1.807, 2.05) is 25.1 Å². The molecule has 1 aromatic carbocycles. The minimum absolute atomic E-state index is 0.0310. The third-order valence-electron chi connectivity index (χ3n) is 4.31. The second-order valence-electron chi connectivity index (χ2n) is 6.14. The highest BCUT2D eigenvalue weighted by molar-refractivity contribution is 5.82. The van der Waals surface area contributed by atoms with E-state index in [4.69, 9.17) is 4.74 Å². The molecule has 0 radical (unpaired) electrons. The second kappa shape index (κ2) is 5.48. The Balaban J connectivity index is 2.17. The number of hydrogen-bond donors (Lipinski definition) is 1. The minimum Gasteiger partial charge on any atom is -0.500 e. The Kier molecular flexibility index (Phi) is 3.65. The van der Waals surface area contributed by atoms with E-state index in [2.05, 4.69) is 31.0 Å². The largest absolute Gasteiger partial charge is 0.500 e. The molecule has 1 unspecified atom stereocenters. The summed E-state index contributed by atoms with van der Waals surface area (Å²) in [5, 5.41) is 1.72. The van der Waals surface area contributed by atoms with Gasteiger partial charge in [0.25, 0.3) is 5.56 Å². The molecule has 3 nitrogen and oxygen atoms in total. The van der Waals surface area contributed by atoms with Gasteiger partial charge in [0.2, 0.25) is 0 Å². The minimum atomic E-state index is -0.0310. The Bertz CT molecular complexity index is 855. The van der Waals surface area contributed by atoms with Crippen molar-refractivity contribution in [2.24, 2.45) is 0 Å². The number of aryl methyl sites for hydroxylation is 1. The number of methoxy groups -OCH3 is 1. The van der Waals surface area contributed by atoms with E-state index in [1.165, 1.54) is 5.57 Å². The summed E-state index contributed by atoms with van der Waals surface area (Å²) in [6, 6.07) is 8.06. The Morgan fingerprint density at radius 2 is 1.95 bits per heavy atom. The van der Waals surface area contributed by atoms with Crippen LogP contribution in [0.15, 0.2) is 52.0 Å². The lowest BCUT2D eigenvalue weighted by molar-refractivity contribution is 0.256. The van der Waals surface area contributed by atoms with E-state index < -0.39 is 0 Å². The number of fused-ring (bicyclic) bond motifs is 1. The predicted molar refractivity (Wildman–Crippen MR) is 90.1 cm³/mol. The summed E-state index contributed by atoms with van der Waals surface area (Å²) in [7, 11) is 1.70. The molecule has 1 heterocycles. The summed E-state index contributed by atoms with van der Waals surface area (Å²) in [4.78, 5) is 15.5. The van der Waals surface area contributed by atoms with Gasteiger partial charge in [-0.1, -0.05) is 29.3 Å². The molecule has 0 saturated heterocycles. The zero-order valence-corrected chi connectivity index (χ0v) is 13.5. The van der Waals surface area contributed by atoms with Crippen LogP contribution in [-0.4, -0.2) is 12.1 Å². The Labute approximate surface area is 130 Å². The van der Waals surface area contributed by atoms with Crippen LogP contribution in [-0.2, 0) is 4.74 Å². The van der Waals surface area contributed by atoms with E-state index in [0.717, 1.165) is 39.8 Å². The topological polar surface area (TPSA) is 42.1 Å². The van der Waals surface area contributed by atoms with Crippen LogP contribution < -0.4 is 5.56 Å². The summed E-state index contributed by atoms with van der Waals surface area (Å²) < 4.78 is 5.60. The monoisotopic (exact) mass is 295 g/mol. The van der Waals surface area contributed by atoms with Crippen molar-refractivity contribution < 1.29 is 4.74 Å². The van der Waals surface area contributed by atoms with Gasteiger partial charge in [-0.25, -0.2) is 0 Å². The van der Waals surface area contributed by atoms with Gasteiger partial charge in [0.15, 0.2) is 0 Å². The first-order valence-corrected chi connectivity index (χ1v) is 7.55. The third-order valence-corrected chi connectivity index (χ3v) is 4.31. The molecule has 0 fully saturated rings. The van der Waals surface area contributed by atoms with Gasteiger partial charge in [0, 0.05) is 11.1 Å². The van der Waals surface area contributed by atoms with Gasteiger partial charge < -0.3 is 9.72 Å². The molecule has 0 saturated carbocycles. The number of rotatable bonds is 2. The molecule has 0 aliphatic heterocycles. The van der Waals surface area contributed by atoms with Gasteiger partial charge in [-0.05, 0) is 50.3 Å². The number of hydrogen-bond acceptors (Lipinski definition) is 2. The first-order chi connectivity index (χ1) is 10.5. The lowest BCUT2D eigenvalue weighted by Crippen LogP contribution is -2.17. The summed E-state index contributed by atoms with van der Waals surface area (Å²) in [6.07, 6.45) is 3.02. The fraction of sp³-hybridized carbons (Fsp3) is 0.316. The SMILES string of the molecule is COC1=C(C)C=C(C)CC1c1cc2ccc(C)cc2c(=O)[nH]1. The summed E-state index contributed by atoms with van der Waals surface area (Å²) in [5.74, 6) is 1.01. The third kappa shape index (κ3) is 2.47. The number of ether oxygens (including phenoxy) is 1. The van der Waals surface area contributed by atoms with Crippen LogP contribution in [0.5, 0.6) is 0 Å². The molecule has 1 atom stereocenters. The zero-order valence-electron chi connectivity index (χ0n) is 13.5. The fourth-order valence-electron chi connectivity index (χ4n) is 3.33. The van der Waals surface area contributed by atoms with E-state index in [0.29, 0.717) is 0 Å². The summed E-state index contributed by atoms with van der Waals surface area (Å²) in [6.45, 7) is 6.17. The lowest BCUT2D eigenvalue weighted by Gasteiger charge is -2.25. The molecule has 1 aromatic heterocycles. The summed E-state index contributed by atoms with van der Waals surface area (Å²) in [5.41, 5.74) is 4.41. The number of benzene rings is 1. The smallest absolute Gasteiger partial charge is 0.256 e. The van der Waals surface area contributed by atoms with E-state index >= 15 is 0 Å². The molecule has 3 heteroatoms. The van der Waals surface area contributed by atoms with Crippen LogP contribution >= 0.6 is 0 Å². The van der Waals surface area contributed by atoms with Gasteiger partial charge in [-0.2, -0.15) is 0 Å². The number of H-pyrrole nitrogens is 1. The van der Waals surface area contributed by atoms with Crippen molar-refractivity contribution in [1.29, 1.82) is 0 Å². The van der Waals surface area contributed by atoms with Gasteiger partial charge in [-0.3, -0.25) is 4.79 Å². The quantitative estimate of drug-likeness (QED) is 0.902. The van der Waals surface area contributed by atoms with Crippen molar-refractivity contribution in [3.8, 4) is 0 Å². The molecule has 0 spiro atoms. The number of nitrogens with one attached hydrogen (secondary N) is 1. The maximum atomic E-state index is 12.4. The molecule has 1 N–H and O–H groups in total. The van der Waals surface area contributed by atoms with Crippen molar-refractivity contribution >= 4 is 10.8 Å². The molecule has 114 valence electrons. The van der Waals surface area contributed by atoms with Crippen LogP contribution in [0.25, 0.3) is 10.8 Å². The van der Waals surface area contributed by atoms with E-state index in [1.54, 1.807) is 7.11 Å². The zero-order chi connectivity index (χ0) is 15.9. The molecular weight excluding hydrogens is 274 g/mol. The molecule has 3 rings (SSSR count). The standard InChI is InChI=1S/C19H21NO2/c1-11-5-6-14-10-17(20-19(21)15(14)8-11)16-9-12(2)7-13(3)18(16)22-4/h5-8,10,16H,9H2,1-4H3,(H,20,21). The van der Waals surface area contributed by atoms with Gasteiger partial charge in [0.1, 0.15) is 5.76 Å². The van der Waals surface area contributed by atoms with Crippen molar-refractivity contribution in [3.05, 3.63) is 68.9 Å². The molecule has 2 aromatic rings. The van der Waals surface area contributed by atoms with E-state index in [-0.39, 0.29) is 11.5 Å². The lowest BCUT2D eigenvalue weighted by atomic mass is 9.86. The Morgan fingerprint density at radius 3 is 2.68 bits per heavy atom. The first kappa shape index (κ1) is 14.6. The van der Waals surface area contributed by atoms with Crippen molar-refractivity contribution in [2.75, 3.05) is 7.11 Å². The number of pyridine rings is 1. The molecule has 0 amide bonds. The number of allylic oxidation sites excluding steroid dienone is 4. The normalized spacial score (nSPS) is 18.5. The highest BCUT2D eigenvalue weighted by Crippen LogP contribution is 2.36. The maximum Gasteiger partial charge on any atom is 0.256 e. The second-order valence-corrected chi connectivity index (χ2v) is 6.14. The molecular formula is C19H21NO2. The van der Waals surface area contributed by atoms with Gasteiger partial charge >= 0.3 is 0 Å². The highest BCUT2D eigenvalue weighted by Gasteiger charge is 2.24. The van der Waals surface area contributed by atoms with Crippen LogP contribution in [0.1, 0.15) is 37.4 Å². The number of aromatic nitrogens is 1. The highest BCUT2D eigenvalue weighted by atomic mass is 16.5. The Morgan fingerprint density at radius 1 is 1.18 bits per heavy atom. The predicted octanol–water partition coefficient (Wildman–Crippen LogP) is 4.19. The van der Waals surface area contributed by atoms with Crippen molar-refractivity contribution in [1.82, 2.24) is 4.98 Å². The maximum absolute atomic E-state index is 12.4. The molecule has 1 aliphatic rings. The van der Waals surface area contributed by atoms with Crippen LogP contribution in [0.3, 0.4) is 0 Å². The van der Waals surface area contributed by atoms with Gasteiger partial charge in [-0.15, -0.1) is 0 Å². The fourth-order valence-corrected chi connectivity index (χ4v) is 3.33. The molecule has 22 heavy (non-hydrogen) atoms. The molecule has 1 aliphatic carbocycles. The molecule has 0 bridgehead atoms. The summed E-state index contributed by atoms with van der Waals surface area (Å²) >= 11 is 0. The van der Waals surface area contributed by atoms with Crippen LogP contribution in [0, 0.1) is 6.92 Å². The van der Waals surface area contributed by atoms with Gasteiger partial charge in [0.05, 0.1) is 13.0 Å².